The van der Waals surface area contributed by atoms with E-state index in [9.17, 15) is 4.79 Å². The zero-order valence-corrected chi connectivity index (χ0v) is 14.5. The largest absolute Gasteiger partial charge is 0.331 e. The van der Waals surface area contributed by atoms with Crippen molar-refractivity contribution in [3.8, 4) is 0 Å². The van der Waals surface area contributed by atoms with Crippen LogP contribution in [0.25, 0.3) is 10.9 Å². The number of nitrogens with zero attached hydrogens (tertiary/aromatic N) is 2. The zero-order chi connectivity index (χ0) is 16.7. The fourth-order valence-electron chi connectivity index (χ4n) is 4.12. The van der Waals surface area contributed by atoms with E-state index in [4.69, 9.17) is 4.98 Å². The molecule has 1 amide bonds. The van der Waals surface area contributed by atoms with Gasteiger partial charge in [-0.15, -0.1) is 0 Å². The molecule has 0 saturated carbocycles. The second kappa shape index (κ2) is 6.17. The molecule has 2 bridgehead atoms. The van der Waals surface area contributed by atoms with Gasteiger partial charge in [0.25, 0.3) is 5.91 Å². The minimum Gasteiger partial charge on any atom is -0.331 e. The molecular formula is C20H25N3O. The fourth-order valence-corrected chi connectivity index (χ4v) is 4.12. The van der Waals surface area contributed by atoms with Crippen molar-refractivity contribution in [2.24, 2.45) is 0 Å². The summed E-state index contributed by atoms with van der Waals surface area (Å²) in [5, 5.41) is 4.45. The summed E-state index contributed by atoms with van der Waals surface area (Å²) < 4.78 is 0. The summed E-state index contributed by atoms with van der Waals surface area (Å²) in [6.45, 7) is 6.19. The Bertz CT molecular complexity index is 757. The zero-order valence-electron chi connectivity index (χ0n) is 14.5. The van der Waals surface area contributed by atoms with Crippen LogP contribution in [0.4, 0.5) is 0 Å². The third-order valence-corrected chi connectivity index (χ3v) is 5.45. The number of amides is 1. The molecular weight excluding hydrogens is 298 g/mol. The summed E-state index contributed by atoms with van der Waals surface area (Å²) in [4.78, 5) is 20.4. The van der Waals surface area contributed by atoms with Gasteiger partial charge in [-0.2, -0.15) is 0 Å². The molecule has 1 aromatic heterocycles. The predicted octanol–water partition coefficient (Wildman–Crippen LogP) is 3.32. The summed E-state index contributed by atoms with van der Waals surface area (Å²) in [6, 6.07) is 10.8. The number of aromatic nitrogens is 1. The number of para-hydroxylation sites is 1. The fraction of sp³-hybridized carbons (Fsp3) is 0.500. The van der Waals surface area contributed by atoms with Gasteiger partial charge in [0.05, 0.1) is 11.1 Å². The Balaban J connectivity index is 1.81. The Morgan fingerprint density at radius 2 is 2.00 bits per heavy atom. The lowest BCUT2D eigenvalue weighted by molar-refractivity contribution is 0.0682. The van der Waals surface area contributed by atoms with Crippen LogP contribution in [0.15, 0.2) is 30.3 Å². The molecule has 1 N–H and O–H groups in total. The molecule has 0 aliphatic carbocycles. The van der Waals surface area contributed by atoms with Crippen molar-refractivity contribution < 1.29 is 4.79 Å². The first-order chi connectivity index (χ1) is 11.6. The molecule has 2 saturated heterocycles. The number of hydrogen-bond donors (Lipinski definition) is 1. The monoisotopic (exact) mass is 323 g/mol. The molecule has 2 aliphatic heterocycles. The van der Waals surface area contributed by atoms with Crippen LogP contribution in [0, 0.1) is 0 Å². The molecule has 126 valence electrons. The van der Waals surface area contributed by atoms with Crippen molar-refractivity contribution in [1.29, 1.82) is 0 Å². The number of rotatable bonds is 2. The van der Waals surface area contributed by atoms with E-state index < -0.39 is 0 Å². The lowest BCUT2D eigenvalue weighted by Gasteiger charge is -2.28. The van der Waals surface area contributed by atoms with Gasteiger partial charge < -0.3 is 10.2 Å². The lowest BCUT2D eigenvalue weighted by atomic mass is 10.0. The normalized spacial score (nSPS) is 23.7. The maximum absolute atomic E-state index is 13.5. The van der Waals surface area contributed by atoms with Crippen LogP contribution in [-0.4, -0.2) is 41.0 Å². The molecule has 3 heterocycles. The average molecular weight is 323 g/mol. The molecule has 2 fully saturated rings. The molecule has 4 nitrogen and oxygen atoms in total. The first-order valence-corrected chi connectivity index (χ1v) is 9.08. The number of pyridine rings is 1. The van der Waals surface area contributed by atoms with Gasteiger partial charge in [-0.3, -0.25) is 9.78 Å². The molecule has 2 aliphatic rings. The van der Waals surface area contributed by atoms with Gasteiger partial charge in [0.1, 0.15) is 0 Å². The SMILES string of the molecule is CC(C)c1cc(C(=O)N2C3CCNCC2CC3)c2ccccc2n1. The van der Waals surface area contributed by atoms with Gasteiger partial charge >= 0.3 is 0 Å². The smallest absolute Gasteiger partial charge is 0.255 e. The number of hydrogen-bond acceptors (Lipinski definition) is 3. The maximum Gasteiger partial charge on any atom is 0.255 e. The maximum atomic E-state index is 13.5. The van der Waals surface area contributed by atoms with E-state index in [1.165, 1.54) is 0 Å². The van der Waals surface area contributed by atoms with E-state index >= 15 is 0 Å². The molecule has 4 rings (SSSR count). The lowest BCUT2D eigenvalue weighted by Crippen LogP contribution is -2.42. The van der Waals surface area contributed by atoms with Crippen LogP contribution in [0.1, 0.15) is 55.1 Å². The summed E-state index contributed by atoms with van der Waals surface area (Å²) in [7, 11) is 0. The molecule has 2 atom stereocenters. The van der Waals surface area contributed by atoms with E-state index in [2.05, 4.69) is 24.1 Å². The second-order valence-electron chi connectivity index (χ2n) is 7.36. The molecule has 24 heavy (non-hydrogen) atoms. The van der Waals surface area contributed by atoms with Gasteiger partial charge in [-0.05, 0) is 43.9 Å². The van der Waals surface area contributed by atoms with Crippen molar-refractivity contribution in [3.63, 3.8) is 0 Å². The highest BCUT2D eigenvalue weighted by atomic mass is 16.2. The van der Waals surface area contributed by atoms with E-state index in [1.54, 1.807) is 0 Å². The summed E-state index contributed by atoms with van der Waals surface area (Å²) >= 11 is 0. The van der Waals surface area contributed by atoms with Crippen LogP contribution in [0.3, 0.4) is 0 Å². The Hall–Kier alpha value is -1.94. The quantitative estimate of drug-likeness (QED) is 0.922. The third-order valence-electron chi connectivity index (χ3n) is 5.45. The van der Waals surface area contributed by atoms with Crippen LogP contribution >= 0.6 is 0 Å². The van der Waals surface area contributed by atoms with Crippen LogP contribution < -0.4 is 5.32 Å². The summed E-state index contributed by atoms with van der Waals surface area (Å²) in [6.07, 6.45) is 3.31. The molecule has 1 aromatic carbocycles. The second-order valence-corrected chi connectivity index (χ2v) is 7.36. The first kappa shape index (κ1) is 15.6. The summed E-state index contributed by atoms with van der Waals surface area (Å²) in [5.74, 6) is 0.496. The highest BCUT2D eigenvalue weighted by molar-refractivity contribution is 6.06. The van der Waals surface area contributed by atoms with Gasteiger partial charge in [0, 0.05) is 29.7 Å². The number of benzene rings is 1. The number of carbonyl (C=O) groups excluding carboxylic acids is 1. The summed E-state index contributed by atoms with van der Waals surface area (Å²) in [5.41, 5.74) is 2.74. The van der Waals surface area contributed by atoms with Gasteiger partial charge in [0.2, 0.25) is 0 Å². The number of fused-ring (bicyclic) bond motifs is 3. The molecule has 0 spiro atoms. The van der Waals surface area contributed by atoms with Crippen LogP contribution in [-0.2, 0) is 0 Å². The highest BCUT2D eigenvalue weighted by Crippen LogP contribution is 2.32. The van der Waals surface area contributed by atoms with Crippen molar-refractivity contribution in [2.45, 2.75) is 51.1 Å². The third kappa shape index (κ3) is 2.59. The predicted molar refractivity (Wildman–Crippen MR) is 96.3 cm³/mol. The van der Waals surface area contributed by atoms with Gasteiger partial charge in [-0.1, -0.05) is 32.0 Å². The Labute approximate surface area is 143 Å². The first-order valence-electron chi connectivity index (χ1n) is 9.08. The Morgan fingerprint density at radius 1 is 1.21 bits per heavy atom. The van der Waals surface area contributed by atoms with E-state index in [-0.39, 0.29) is 5.91 Å². The van der Waals surface area contributed by atoms with Crippen LogP contribution in [0.2, 0.25) is 0 Å². The number of nitrogens with one attached hydrogen (secondary N) is 1. The molecule has 2 unspecified atom stereocenters. The standard InChI is InChI=1S/C20H25N3O/c1-13(2)19-11-17(16-5-3-4-6-18(16)22-19)20(24)23-14-7-8-15(23)12-21-10-9-14/h3-6,11,13-15,21H,7-10,12H2,1-2H3. The topological polar surface area (TPSA) is 45.2 Å². The minimum absolute atomic E-state index is 0.187. The Kier molecular flexibility index (Phi) is 4.01. The Morgan fingerprint density at radius 3 is 2.83 bits per heavy atom. The number of carbonyl (C=O) groups is 1. The van der Waals surface area contributed by atoms with Gasteiger partial charge in [0.15, 0.2) is 0 Å². The highest BCUT2D eigenvalue weighted by Gasteiger charge is 2.38. The van der Waals surface area contributed by atoms with Crippen molar-refractivity contribution in [3.05, 3.63) is 41.6 Å². The molecule has 0 radical (unpaired) electrons. The molecule has 2 aromatic rings. The molecule has 4 heteroatoms. The van der Waals surface area contributed by atoms with Crippen molar-refractivity contribution in [2.75, 3.05) is 13.1 Å². The minimum atomic E-state index is 0.187. The van der Waals surface area contributed by atoms with Crippen LogP contribution in [0.5, 0.6) is 0 Å². The van der Waals surface area contributed by atoms with E-state index in [1.807, 2.05) is 30.3 Å². The average Bonchev–Trinajstić information content (AvgIpc) is 2.86. The van der Waals surface area contributed by atoms with Crippen molar-refractivity contribution in [1.82, 2.24) is 15.2 Å². The van der Waals surface area contributed by atoms with E-state index in [0.29, 0.717) is 18.0 Å². The van der Waals surface area contributed by atoms with E-state index in [0.717, 1.165) is 54.5 Å². The van der Waals surface area contributed by atoms with Gasteiger partial charge in [-0.25, -0.2) is 0 Å². The van der Waals surface area contributed by atoms with Crippen molar-refractivity contribution >= 4 is 16.8 Å².